The maximum absolute atomic E-state index is 5.51. The Balaban J connectivity index is 2.18. The number of rotatable bonds is 1. The predicted octanol–water partition coefficient (Wildman–Crippen LogP) is 2.60. The molecule has 1 aromatic carbocycles. The Morgan fingerprint density at radius 2 is 2.22 bits per heavy atom. The molecule has 1 aromatic heterocycles. The number of aromatic amines is 1. The minimum absolute atomic E-state index is 0.588. The Hall–Kier alpha value is -1.48. The van der Waals surface area contributed by atoms with Gasteiger partial charge in [0.25, 0.3) is 0 Å². The monoisotopic (exact) mass is 244 g/mol. The zero-order valence-corrected chi connectivity index (χ0v) is 11.3. The molecule has 0 saturated heterocycles. The molecule has 1 N–H and O–H groups in total. The summed E-state index contributed by atoms with van der Waals surface area (Å²) in [4.78, 5) is 6.00. The van der Waals surface area contributed by atoms with Crippen LogP contribution in [-0.2, 0) is 12.8 Å². The lowest BCUT2D eigenvalue weighted by atomic mass is 10.1. The summed E-state index contributed by atoms with van der Waals surface area (Å²) < 4.78 is 5.51. The molecule has 2 aromatic rings. The molecule has 3 rings (SSSR count). The molecule has 0 spiro atoms. The van der Waals surface area contributed by atoms with Crippen LogP contribution in [0.2, 0.25) is 0 Å². The van der Waals surface area contributed by atoms with Gasteiger partial charge in [-0.05, 0) is 38.1 Å². The lowest BCUT2D eigenvalue weighted by molar-refractivity contribution is 0.267. The first kappa shape index (κ1) is 11.6. The van der Waals surface area contributed by atoms with E-state index in [1.54, 1.807) is 7.11 Å². The zero-order chi connectivity index (χ0) is 12.7. The van der Waals surface area contributed by atoms with Crippen molar-refractivity contribution in [3.05, 3.63) is 29.5 Å². The summed E-state index contributed by atoms with van der Waals surface area (Å²) in [5.41, 5.74) is 4.03. The standard InChI is InChI=1S/C15H20N2O/c1-10-9-13-11(7-8-17(10)2)15-12(16-13)5-4-6-14(15)18-3/h4-6,10,16H,7-9H2,1-3H3. The molecule has 0 aliphatic carbocycles. The van der Waals surface area contributed by atoms with Crippen molar-refractivity contribution in [3.8, 4) is 5.75 Å². The second kappa shape index (κ2) is 4.32. The van der Waals surface area contributed by atoms with Gasteiger partial charge in [-0.1, -0.05) is 6.07 Å². The number of aromatic nitrogens is 1. The second-order valence-electron chi connectivity index (χ2n) is 5.25. The Morgan fingerprint density at radius 1 is 1.39 bits per heavy atom. The Bertz CT molecular complexity index is 573. The van der Waals surface area contributed by atoms with Crippen LogP contribution in [0.5, 0.6) is 5.75 Å². The number of hydrogen-bond donors (Lipinski definition) is 1. The number of fused-ring (bicyclic) bond motifs is 3. The topological polar surface area (TPSA) is 28.3 Å². The number of benzene rings is 1. The third-order valence-corrected chi connectivity index (χ3v) is 4.16. The predicted molar refractivity (Wildman–Crippen MR) is 74.4 cm³/mol. The van der Waals surface area contributed by atoms with Gasteiger partial charge in [0, 0.05) is 35.6 Å². The van der Waals surface area contributed by atoms with Gasteiger partial charge in [-0.25, -0.2) is 0 Å². The normalized spacial score (nSPS) is 20.7. The molecular formula is C15H20N2O. The summed E-state index contributed by atoms with van der Waals surface area (Å²) >= 11 is 0. The summed E-state index contributed by atoms with van der Waals surface area (Å²) in [6.07, 6.45) is 2.18. The number of nitrogens with zero attached hydrogens (tertiary/aromatic N) is 1. The molecule has 0 saturated carbocycles. The van der Waals surface area contributed by atoms with Crippen molar-refractivity contribution in [2.24, 2.45) is 0 Å². The highest BCUT2D eigenvalue weighted by molar-refractivity contribution is 5.90. The van der Waals surface area contributed by atoms with Crippen LogP contribution >= 0.6 is 0 Å². The highest BCUT2D eigenvalue weighted by Crippen LogP contribution is 2.33. The van der Waals surface area contributed by atoms with Crippen molar-refractivity contribution in [3.63, 3.8) is 0 Å². The zero-order valence-electron chi connectivity index (χ0n) is 11.3. The van der Waals surface area contributed by atoms with Crippen molar-refractivity contribution < 1.29 is 4.74 Å². The number of H-pyrrole nitrogens is 1. The summed E-state index contributed by atoms with van der Waals surface area (Å²) in [6.45, 7) is 3.40. The lowest BCUT2D eigenvalue weighted by Crippen LogP contribution is -2.30. The first-order valence-corrected chi connectivity index (χ1v) is 6.57. The fourth-order valence-corrected chi connectivity index (χ4v) is 2.92. The molecule has 1 aliphatic heterocycles. The number of likely N-dealkylation sites (N-methyl/N-ethyl adjacent to an activating group) is 1. The van der Waals surface area contributed by atoms with Crippen molar-refractivity contribution in [2.75, 3.05) is 20.7 Å². The van der Waals surface area contributed by atoms with Crippen LogP contribution in [0.25, 0.3) is 10.9 Å². The van der Waals surface area contributed by atoms with E-state index in [1.807, 2.05) is 6.07 Å². The van der Waals surface area contributed by atoms with Crippen molar-refractivity contribution in [1.82, 2.24) is 9.88 Å². The third kappa shape index (κ3) is 1.70. The SMILES string of the molecule is COc1cccc2[nH]c3c(c12)CCN(C)C(C)C3. The summed E-state index contributed by atoms with van der Waals surface area (Å²) in [7, 11) is 3.95. The quantitative estimate of drug-likeness (QED) is 0.835. The van der Waals surface area contributed by atoms with Crippen molar-refractivity contribution in [2.45, 2.75) is 25.8 Å². The molecule has 0 amide bonds. The Kier molecular flexibility index (Phi) is 2.78. The molecule has 0 bridgehead atoms. The minimum atomic E-state index is 0.588. The van der Waals surface area contributed by atoms with E-state index in [2.05, 4.69) is 36.0 Å². The minimum Gasteiger partial charge on any atom is -0.496 e. The highest BCUT2D eigenvalue weighted by atomic mass is 16.5. The van der Waals surface area contributed by atoms with E-state index in [4.69, 9.17) is 4.74 Å². The first-order chi connectivity index (χ1) is 8.70. The van der Waals surface area contributed by atoms with Gasteiger partial charge in [-0.3, -0.25) is 0 Å². The van der Waals surface area contributed by atoms with Crippen molar-refractivity contribution >= 4 is 10.9 Å². The van der Waals surface area contributed by atoms with Crippen LogP contribution in [0.15, 0.2) is 18.2 Å². The van der Waals surface area contributed by atoms with Gasteiger partial charge in [-0.2, -0.15) is 0 Å². The van der Waals surface area contributed by atoms with Gasteiger partial charge in [-0.15, -0.1) is 0 Å². The maximum atomic E-state index is 5.51. The van der Waals surface area contributed by atoms with Gasteiger partial charge < -0.3 is 14.6 Å². The van der Waals surface area contributed by atoms with Crippen LogP contribution in [0.1, 0.15) is 18.2 Å². The van der Waals surface area contributed by atoms with Crippen LogP contribution in [0, 0.1) is 0 Å². The molecule has 2 heterocycles. The number of nitrogens with one attached hydrogen (secondary N) is 1. The molecule has 0 fully saturated rings. The van der Waals surface area contributed by atoms with Gasteiger partial charge in [0.2, 0.25) is 0 Å². The largest absolute Gasteiger partial charge is 0.496 e. The van der Waals surface area contributed by atoms with Crippen LogP contribution in [0.3, 0.4) is 0 Å². The summed E-state index contributed by atoms with van der Waals surface area (Å²) in [6, 6.07) is 6.83. The van der Waals surface area contributed by atoms with E-state index in [-0.39, 0.29) is 0 Å². The number of methoxy groups -OCH3 is 1. The molecule has 3 heteroatoms. The molecule has 18 heavy (non-hydrogen) atoms. The van der Waals surface area contributed by atoms with E-state index in [0.717, 1.165) is 25.1 Å². The lowest BCUT2D eigenvalue weighted by Gasteiger charge is -2.21. The van der Waals surface area contributed by atoms with Crippen LogP contribution in [-0.4, -0.2) is 36.6 Å². The van der Waals surface area contributed by atoms with E-state index in [0.29, 0.717) is 6.04 Å². The van der Waals surface area contributed by atoms with Gasteiger partial charge >= 0.3 is 0 Å². The maximum Gasteiger partial charge on any atom is 0.128 e. The third-order valence-electron chi connectivity index (χ3n) is 4.16. The molecule has 96 valence electrons. The van der Waals surface area contributed by atoms with E-state index < -0.39 is 0 Å². The number of hydrogen-bond acceptors (Lipinski definition) is 2. The van der Waals surface area contributed by atoms with E-state index >= 15 is 0 Å². The van der Waals surface area contributed by atoms with E-state index in [9.17, 15) is 0 Å². The fourth-order valence-electron chi connectivity index (χ4n) is 2.92. The van der Waals surface area contributed by atoms with Crippen LogP contribution in [0.4, 0.5) is 0 Å². The number of ether oxygens (including phenoxy) is 1. The average Bonchev–Trinajstić information content (AvgIpc) is 2.66. The molecule has 1 atom stereocenters. The molecular weight excluding hydrogens is 224 g/mol. The molecule has 1 unspecified atom stereocenters. The van der Waals surface area contributed by atoms with Crippen molar-refractivity contribution in [1.29, 1.82) is 0 Å². The Morgan fingerprint density at radius 3 is 3.00 bits per heavy atom. The second-order valence-corrected chi connectivity index (χ2v) is 5.25. The Labute approximate surface area is 108 Å². The smallest absolute Gasteiger partial charge is 0.128 e. The summed E-state index contributed by atoms with van der Waals surface area (Å²) in [5, 5.41) is 1.28. The fraction of sp³-hybridized carbons (Fsp3) is 0.467. The van der Waals surface area contributed by atoms with Gasteiger partial charge in [0.15, 0.2) is 0 Å². The molecule has 0 radical (unpaired) electrons. The van der Waals surface area contributed by atoms with E-state index in [1.165, 1.54) is 22.2 Å². The highest BCUT2D eigenvalue weighted by Gasteiger charge is 2.22. The van der Waals surface area contributed by atoms with Gasteiger partial charge in [0.05, 0.1) is 7.11 Å². The molecule has 3 nitrogen and oxygen atoms in total. The first-order valence-electron chi connectivity index (χ1n) is 6.57. The summed E-state index contributed by atoms with van der Waals surface area (Å²) in [5.74, 6) is 0.988. The van der Waals surface area contributed by atoms with Gasteiger partial charge in [0.1, 0.15) is 5.75 Å². The van der Waals surface area contributed by atoms with Crippen LogP contribution < -0.4 is 4.74 Å². The average molecular weight is 244 g/mol. The molecule has 1 aliphatic rings.